The van der Waals surface area contributed by atoms with Crippen LogP contribution < -0.4 is 0 Å². The number of hydrogen-bond acceptors (Lipinski definition) is 1. The van der Waals surface area contributed by atoms with Crippen LogP contribution in [0.5, 0.6) is 0 Å². The van der Waals surface area contributed by atoms with Crippen LogP contribution in [0, 0.1) is 5.92 Å². The van der Waals surface area contributed by atoms with Crippen LogP contribution in [0.3, 0.4) is 0 Å². The van der Waals surface area contributed by atoms with E-state index < -0.39 is 0 Å². The summed E-state index contributed by atoms with van der Waals surface area (Å²) in [5, 5.41) is 0. The molecule has 0 amide bonds. The Labute approximate surface area is 132 Å². The number of allylic oxidation sites excluding steroid dienone is 2. The molecule has 2 aromatic rings. The molecule has 1 fully saturated rings. The predicted octanol–water partition coefficient (Wildman–Crippen LogP) is 5.15. The maximum absolute atomic E-state index is 12.7. The van der Waals surface area contributed by atoms with Crippen LogP contribution >= 0.6 is 0 Å². The molecule has 0 heterocycles. The van der Waals surface area contributed by atoms with E-state index >= 15 is 0 Å². The summed E-state index contributed by atoms with van der Waals surface area (Å²) in [7, 11) is 0. The number of carbonyl (C=O) groups is 1. The third-order valence-electron chi connectivity index (χ3n) is 4.00. The van der Waals surface area contributed by atoms with Gasteiger partial charge in [-0.2, -0.15) is 0 Å². The molecule has 22 heavy (non-hydrogen) atoms. The Morgan fingerprint density at radius 2 is 1.18 bits per heavy atom. The van der Waals surface area contributed by atoms with Gasteiger partial charge in [0.2, 0.25) is 0 Å². The fraction of sp³-hybridized carbons (Fsp3) is 0.190. The minimum absolute atomic E-state index is 0.200. The summed E-state index contributed by atoms with van der Waals surface area (Å²) >= 11 is 0. The second-order valence-corrected chi connectivity index (χ2v) is 6.00. The minimum Gasteiger partial charge on any atom is -0.289 e. The highest BCUT2D eigenvalue weighted by Gasteiger charge is 2.25. The Hall–Kier alpha value is -2.41. The maximum atomic E-state index is 12.7. The van der Waals surface area contributed by atoms with Crippen molar-refractivity contribution in [3.63, 3.8) is 0 Å². The second-order valence-electron chi connectivity index (χ2n) is 6.00. The lowest BCUT2D eigenvalue weighted by atomic mass is 9.81. The van der Waals surface area contributed by atoms with Gasteiger partial charge in [-0.15, -0.1) is 0 Å². The molecule has 0 radical (unpaired) electrons. The number of carbonyl (C=O) groups excluding carboxylic acids is 1. The molecule has 0 bridgehead atoms. The Morgan fingerprint density at radius 3 is 1.59 bits per heavy atom. The molecular weight excluding hydrogens is 268 g/mol. The lowest BCUT2D eigenvalue weighted by Crippen LogP contribution is -2.18. The van der Waals surface area contributed by atoms with Crippen molar-refractivity contribution in [2.24, 2.45) is 5.92 Å². The molecule has 0 unspecified atom stereocenters. The molecule has 0 aromatic heterocycles. The molecule has 1 saturated carbocycles. The van der Waals surface area contributed by atoms with Crippen molar-refractivity contribution in [1.29, 1.82) is 0 Å². The van der Waals surface area contributed by atoms with E-state index in [4.69, 9.17) is 0 Å². The summed E-state index contributed by atoms with van der Waals surface area (Å²) in [5.74, 6) is 0.702. The highest BCUT2D eigenvalue weighted by atomic mass is 16.1. The van der Waals surface area contributed by atoms with Crippen molar-refractivity contribution in [3.05, 3.63) is 82.9 Å². The third kappa shape index (κ3) is 3.43. The normalized spacial score (nSPS) is 22.2. The Balaban J connectivity index is 1.92. The van der Waals surface area contributed by atoms with E-state index in [2.05, 4.69) is 6.92 Å². The molecular formula is C21H20O. The van der Waals surface area contributed by atoms with Crippen LogP contribution in [0.2, 0.25) is 0 Å². The predicted molar refractivity (Wildman–Crippen MR) is 92.2 cm³/mol. The molecule has 0 spiro atoms. The van der Waals surface area contributed by atoms with E-state index in [1.807, 2.05) is 72.8 Å². The monoisotopic (exact) mass is 288 g/mol. The van der Waals surface area contributed by atoms with Gasteiger partial charge in [0, 0.05) is 11.1 Å². The molecule has 3 rings (SSSR count). The number of ketones is 1. The van der Waals surface area contributed by atoms with Crippen LogP contribution in [0.25, 0.3) is 12.2 Å². The molecule has 2 aromatic carbocycles. The second kappa shape index (κ2) is 6.57. The molecule has 1 aliphatic rings. The third-order valence-corrected chi connectivity index (χ3v) is 4.00. The van der Waals surface area contributed by atoms with E-state index in [9.17, 15) is 4.79 Å². The van der Waals surface area contributed by atoms with Crippen LogP contribution in [0.4, 0.5) is 0 Å². The van der Waals surface area contributed by atoms with Crippen LogP contribution in [0.15, 0.2) is 71.8 Å². The fourth-order valence-corrected chi connectivity index (χ4v) is 2.96. The number of Topliss-reactive ketones (excluding diaryl/α,β-unsaturated/α-hetero) is 1. The average molecular weight is 288 g/mol. The van der Waals surface area contributed by atoms with Gasteiger partial charge in [-0.05, 0) is 42.0 Å². The summed E-state index contributed by atoms with van der Waals surface area (Å²) in [6.45, 7) is 2.21. The zero-order chi connectivity index (χ0) is 15.4. The first-order valence-corrected chi connectivity index (χ1v) is 7.78. The quantitative estimate of drug-likeness (QED) is 0.698. The highest BCUT2D eigenvalue weighted by Crippen LogP contribution is 2.31. The SMILES string of the molecule is CC1CC(=Cc2ccccc2)C(=O)C(=Cc2ccccc2)C1. The van der Waals surface area contributed by atoms with Crippen molar-refractivity contribution in [2.45, 2.75) is 19.8 Å². The molecule has 0 N–H and O–H groups in total. The largest absolute Gasteiger partial charge is 0.289 e. The summed E-state index contributed by atoms with van der Waals surface area (Å²) in [6, 6.07) is 20.2. The van der Waals surface area contributed by atoms with Gasteiger partial charge in [0.1, 0.15) is 0 Å². The first kappa shape index (κ1) is 14.5. The van der Waals surface area contributed by atoms with Crippen molar-refractivity contribution in [1.82, 2.24) is 0 Å². The number of rotatable bonds is 2. The molecule has 1 nitrogen and oxygen atoms in total. The van der Waals surface area contributed by atoms with Crippen molar-refractivity contribution < 1.29 is 4.79 Å². The first-order valence-electron chi connectivity index (χ1n) is 7.78. The van der Waals surface area contributed by atoms with Gasteiger partial charge < -0.3 is 0 Å². The molecule has 1 heteroatoms. The average Bonchev–Trinajstić information content (AvgIpc) is 2.54. The summed E-state index contributed by atoms with van der Waals surface area (Å²) in [6.07, 6.45) is 5.80. The van der Waals surface area contributed by atoms with E-state index in [1.165, 1.54) is 0 Å². The van der Waals surface area contributed by atoms with E-state index in [-0.39, 0.29) is 5.78 Å². The summed E-state index contributed by atoms with van der Waals surface area (Å²) < 4.78 is 0. The molecule has 0 atom stereocenters. The van der Waals surface area contributed by atoms with Gasteiger partial charge in [-0.1, -0.05) is 67.6 Å². The van der Waals surface area contributed by atoms with Crippen molar-refractivity contribution in [3.8, 4) is 0 Å². The van der Waals surface area contributed by atoms with Gasteiger partial charge >= 0.3 is 0 Å². The topological polar surface area (TPSA) is 17.1 Å². The van der Waals surface area contributed by atoms with Gasteiger partial charge in [-0.3, -0.25) is 4.79 Å². The number of benzene rings is 2. The zero-order valence-corrected chi connectivity index (χ0v) is 12.8. The minimum atomic E-state index is 0.200. The Kier molecular flexibility index (Phi) is 4.34. The number of hydrogen-bond donors (Lipinski definition) is 0. The summed E-state index contributed by atoms with van der Waals surface area (Å²) in [5.41, 5.74) is 4.04. The Morgan fingerprint density at radius 1 is 0.773 bits per heavy atom. The van der Waals surface area contributed by atoms with E-state index in [0.29, 0.717) is 5.92 Å². The van der Waals surface area contributed by atoms with Gasteiger partial charge in [0.15, 0.2) is 5.78 Å². The first-order chi connectivity index (χ1) is 10.7. The summed E-state index contributed by atoms with van der Waals surface area (Å²) in [4.78, 5) is 12.7. The lowest BCUT2D eigenvalue weighted by Gasteiger charge is -2.22. The van der Waals surface area contributed by atoms with Crippen molar-refractivity contribution >= 4 is 17.9 Å². The van der Waals surface area contributed by atoms with Crippen LogP contribution in [-0.2, 0) is 4.79 Å². The lowest BCUT2D eigenvalue weighted by molar-refractivity contribution is -0.113. The zero-order valence-electron chi connectivity index (χ0n) is 12.8. The fourth-order valence-electron chi connectivity index (χ4n) is 2.96. The standard InChI is InChI=1S/C21H20O/c1-16-12-19(14-17-8-4-2-5-9-17)21(22)20(13-16)15-18-10-6-3-7-11-18/h2-11,14-16H,12-13H2,1H3. The van der Waals surface area contributed by atoms with E-state index in [0.717, 1.165) is 35.1 Å². The Bertz CT molecular complexity index is 647. The van der Waals surface area contributed by atoms with Crippen LogP contribution in [0.1, 0.15) is 30.9 Å². The molecule has 1 aliphatic carbocycles. The van der Waals surface area contributed by atoms with Gasteiger partial charge in [-0.25, -0.2) is 0 Å². The smallest absolute Gasteiger partial charge is 0.185 e. The molecule has 0 saturated heterocycles. The highest BCUT2D eigenvalue weighted by molar-refractivity contribution is 6.14. The van der Waals surface area contributed by atoms with Crippen molar-refractivity contribution in [2.75, 3.05) is 0 Å². The maximum Gasteiger partial charge on any atom is 0.185 e. The van der Waals surface area contributed by atoms with Crippen LogP contribution in [-0.4, -0.2) is 5.78 Å². The molecule has 0 aliphatic heterocycles. The van der Waals surface area contributed by atoms with Gasteiger partial charge in [0.25, 0.3) is 0 Å². The van der Waals surface area contributed by atoms with E-state index in [1.54, 1.807) is 0 Å². The van der Waals surface area contributed by atoms with Gasteiger partial charge in [0.05, 0.1) is 0 Å². The molecule has 110 valence electrons.